The van der Waals surface area contributed by atoms with Crippen molar-refractivity contribution in [2.75, 3.05) is 0 Å². The van der Waals surface area contributed by atoms with Crippen LogP contribution in [0.25, 0.3) is 0 Å². The Hall–Kier alpha value is -0.460. The van der Waals surface area contributed by atoms with E-state index in [-0.39, 0.29) is 0 Å². The molecule has 2 heteroatoms. The summed E-state index contributed by atoms with van der Waals surface area (Å²) < 4.78 is 0. The third kappa shape index (κ3) is 3.17. The second kappa shape index (κ2) is 4.42. The summed E-state index contributed by atoms with van der Waals surface area (Å²) in [5, 5.41) is 2.35. The highest BCUT2D eigenvalue weighted by Gasteiger charge is 1.89. The van der Waals surface area contributed by atoms with Gasteiger partial charge in [0.2, 0.25) is 0 Å². The van der Waals surface area contributed by atoms with E-state index in [9.17, 15) is 0 Å². The van der Waals surface area contributed by atoms with Gasteiger partial charge in [-0.25, -0.2) is 0 Å². The molecule has 0 bridgehead atoms. The molecule has 0 aliphatic heterocycles. The first-order valence-corrected chi connectivity index (χ1v) is 3.37. The van der Waals surface area contributed by atoms with Crippen molar-refractivity contribution in [2.24, 2.45) is 4.99 Å². The van der Waals surface area contributed by atoms with Gasteiger partial charge < -0.3 is 0 Å². The van der Waals surface area contributed by atoms with Crippen molar-refractivity contribution in [1.29, 1.82) is 0 Å². The molecule has 0 heterocycles. The molecule has 0 aliphatic carbocycles. The van der Waals surface area contributed by atoms with Crippen LogP contribution in [0, 0.1) is 0 Å². The van der Waals surface area contributed by atoms with E-state index >= 15 is 0 Å². The third-order valence-electron chi connectivity index (χ3n) is 1.09. The van der Waals surface area contributed by atoms with Gasteiger partial charge in [-0.3, -0.25) is 0 Å². The van der Waals surface area contributed by atoms with Crippen molar-refractivity contribution in [3.63, 3.8) is 0 Å². The van der Waals surface area contributed by atoms with Crippen LogP contribution in [0.15, 0.2) is 16.3 Å². The van der Waals surface area contributed by atoms with Crippen molar-refractivity contribution in [3.8, 4) is 0 Å². The lowest BCUT2D eigenvalue weighted by atomic mass is 10.2. The Morgan fingerprint density at radius 1 is 1.56 bits per heavy atom. The van der Waals surface area contributed by atoms with Crippen molar-refractivity contribution in [1.82, 2.24) is 0 Å². The lowest BCUT2D eigenvalue weighted by molar-refractivity contribution is 1.03. The Morgan fingerprint density at radius 3 is 2.22 bits per heavy atom. The Morgan fingerprint density at radius 2 is 2.11 bits per heavy atom. The van der Waals surface area contributed by atoms with Gasteiger partial charge in [0.15, 0.2) is 0 Å². The first-order chi connectivity index (χ1) is 4.22. The van der Waals surface area contributed by atoms with Gasteiger partial charge in [-0.05, 0) is 32.5 Å². The van der Waals surface area contributed by atoms with Gasteiger partial charge in [-0.1, -0.05) is 12.5 Å². The van der Waals surface area contributed by atoms with Gasteiger partial charge in [-0.15, -0.1) is 0 Å². The minimum Gasteiger partial charge on any atom is -0.199 e. The molecule has 0 aromatic rings. The largest absolute Gasteiger partial charge is 0.199 e. The molecule has 0 spiro atoms. The maximum atomic E-state index is 4.46. The number of isothiocyanates is 1. The first-order valence-electron chi connectivity index (χ1n) is 2.96. The second-order valence-corrected chi connectivity index (χ2v) is 2.19. The summed E-state index contributed by atoms with van der Waals surface area (Å²) >= 11 is 4.46. The van der Waals surface area contributed by atoms with Crippen LogP contribution in [-0.2, 0) is 0 Å². The molecule has 9 heavy (non-hydrogen) atoms. The average Bonchev–Trinajstić information content (AvgIpc) is 1.82. The zero-order valence-electron chi connectivity index (χ0n) is 6.06. The van der Waals surface area contributed by atoms with E-state index in [1.165, 1.54) is 5.57 Å². The fourth-order valence-corrected chi connectivity index (χ4v) is 0.710. The van der Waals surface area contributed by atoms with Crippen molar-refractivity contribution >= 4 is 17.4 Å². The predicted octanol–water partition coefficient (Wildman–Crippen LogP) is 2.79. The van der Waals surface area contributed by atoms with E-state index in [1.807, 2.05) is 13.8 Å². The quantitative estimate of drug-likeness (QED) is 0.425. The van der Waals surface area contributed by atoms with E-state index in [1.54, 1.807) is 0 Å². The molecule has 0 saturated carbocycles. The molecule has 0 N–H and O–H groups in total. The second-order valence-electron chi connectivity index (χ2n) is 2.00. The van der Waals surface area contributed by atoms with Crippen molar-refractivity contribution in [2.45, 2.75) is 27.2 Å². The minimum atomic E-state index is 0.936. The van der Waals surface area contributed by atoms with Crippen LogP contribution in [0.5, 0.6) is 0 Å². The third-order valence-corrected chi connectivity index (χ3v) is 1.18. The summed E-state index contributed by atoms with van der Waals surface area (Å²) in [6.07, 6.45) is 0.936. The number of hydrogen-bond donors (Lipinski definition) is 0. The van der Waals surface area contributed by atoms with Crippen LogP contribution in [0.2, 0.25) is 0 Å². The highest BCUT2D eigenvalue weighted by atomic mass is 32.1. The lowest BCUT2D eigenvalue weighted by Gasteiger charge is -1.94. The monoisotopic (exact) mass is 141 g/mol. The van der Waals surface area contributed by atoms with E-state index in [0.29, 0.717) is 0 Å². The molecule has 50 valence electrons. The smallest absolute Gasteiger partial charge is 0.0637 e. The molecular formula is C7H11NS. The topological polar surface area (TPSA) is 12.4 Å². The van der Waals surface area contributed by atoms with Crippen LogP contribution in [-0.4, -0.2) is 5.16 Å². The molecule has 0 aromatic carbocycles. The van der Waals surface area contributed by atoms with Gasteiger partial charge in [0.05, 0.1) is 5.16 Å². The first kappa shape index (κ1) is 8.54. The van der Waals surface area contributed by atoms with Gasteiger partial charge in [0, 0.05) is 5.70 Å². The summed E-state index contributed by atoms with van der Waals surface area (Å²) in [6, 6.07) is 0. The molecule has 0 radical (unpaired) electrons. The molecule has 0 atom stereocenters. The van der Waals surface area contributed by atoms with Crippen LogP contribution < -0.4 is 0 Å². The van der Waals surface area contributed by atoms with Crippen molar-refractivity contribution < 1.29 is 0 Å². The van der Waals surface area contributed by atoms with Gasteiger partial charge >= 0.3 is 0 Å². The molecule has 0 saturated heterocycles. The normalized spacial score (nSPS) is 7.89. The summed E-state index contributed by atoms with van der Waals surface area (Å²) in [7, 11) is 0. The van der Waals surface area contributed by atoms with Crippen molar-refractivity contribution in [3.05, 3.63) is 11.3 Å². The van der Waals surface area contributed by atoms with Crippen LogP contribution >= 0.6 is 12.2 Å². The van der Waals surface area contributed by atoms with E-state index in [2.05, 4.69) is 29.3 Å². The van der Waals surface area contributed by atoms with Gasteiger partial charge in [-0.2, -0.15) is 4.99 Å². The summed E-state index contributed by atoms with van der Waals surface area (Å²) in [6.45, 7) is 6.10. The molecule has 0 aromatic heterocycles. The number of rotatable bonds is 2. The zero-order valence-corrected chi connectivity index (χ0v) is 6.88. The summed E-state index contributed by atoms with van der Waals surface area (Å²) in [5.74, 6) is 0. The van der Waals surface area contributed by atoms with Gasteiger partial charge in [0.25, 0.3) is 0 Å². The molecule has 0 rings (SSSR count). The molecule has 1 nitrogen and oxygen atoms in total. The maximum Gasteiger partial charge on any atom is 0.0637 e. The van der Waals surface area contributed by atoms with Crippen LogP contribution in [0.1, 0.15) is 27.2 Å². The van der Waals surface area contributed by atoms with Crippen LogP contribution in [0.4, 0.5) is 0 Å². The molecular weight excluding hydrogens is 130 g/mol. The zero-order chi connectivity index (χ0) is 7.28. The van der Waals surface area contributed by atoms with E-state index < -0.39 is 0 Å². The highest BCUT2D eigenvalue weighted by molar-refractivity contribution is 7.78. The Bertz CT molecular complexity index is 160. The minimum absolute atomic E-state index is 0.936. The SMILES string of the molecule is CCC(N=C=S)=C(C)C. The predicted molar refractivity (Wildman–Crippen MR) is 43.7 cm³/mol. The van der Waals surface area contributed by atoms with Crippen LogP contribution in [0.3, 0.4) is 0 Å². The number of nitrogens with zero attached hydrogens (tertiary/aromatic N) is 1. The summed E-state index contributed by atoms with van der Waals surface area (Å²) in [5.41, 5.74) is 2.26. The Labute approximate surface area is 61.5 Å². The molecule has 0 amide bonds. The number of thiocarbonyl (C=S) groups is 1. The lowest BCUT2D eigenvalue weighted by Crippen LogP contribution is -1.77. The van der Waals surface area contributed by atoms with E-state index in [4.69, 9.17) is 0 Å². The average molecular weight is 141 g/mol. The number of allylic oxidation sites excluding steroid dienone is 2. The highest BCUT2D eigenvalue weighted by Crippen LogP contribution is 2.07. The molecule has 0 unspecified atom stereocenters. The fourth-order valence-electron chi connectivity index (χ4n) is 0.600. The number of hydrogen-bond acceptors (Lipinski definition) is 2. The fraction of sp³-hybridized carbons (Fsp3) is 0.571. The van der Waals surface area contributed by atoms with Gasteiger partial charge in [0.1, 0.15) is 0 Å². The standard InChI is InChI=1S/C7H11NS/c1-4-7(6(2)3)8-5-9/h4H2,1-3H3. The number of aliphatic imine (C=N–C) groups is 1. The molecule has 0 fully saturated rings. The Balaban J connectivity index is 4.34. The van der Waals surface area contributed by atoms with E-state index in [0.717, 1.165) is 12.1 Å². The molecule has 0 aliphatic rings. The summed E-state index contributed by atoms with van der Waals surface area (Å²) in [4.78, 5) is 3.89. The Kier molecular flexibility index (Phi) is 4.20. The maximum absolute atomic E-state index is 4.46.